The second kappa shape index (κ2) is 5.30. The standard InChI is InChI=1S/C14H17FN2O2/c1-8(6-16-9(2)18)11-7-17-13-5-12(15)14(19-3)4-10(11)13/h4-5,7-8,17H,6H2,1-3H3,(H,16,18). The maximum Gasteiger partial charge on any atom is 0.216 e. The summed E-state index contributed by atoms with van der Waals surface area (Å²) < 4.78 is 18.6. The monoisotopic (exact) mass is 264 g/mol. The molecule has 0 saturated carbocycles. The summed E-state index contributed by atoms with van der Waals surface area (Å²) in [5.74, 6) is -0.0962. The van der Waals surface area contributed by atoms with E-state index in [0.717, 1.165) is 16.5 Å². The van der Waals surface area contributed by atoms with E-state index in [0.29, 0.717) is 6.54 Å². The number of fused-ring (bicyclic) bond motifs is 1. The summed E-state index contributed by atoms with van der Waals surface area (Å²) in [6, 6.07) is 3.10. The number of amides is 1. The van der Waals surface area contributed by atoms with Crippen molar-refractivity contribution in [1.82, 2.24) is 10.3 Å². The van der Waals surface area contributed by atoms with Crippen LogP contribution in [-0.2, 0) is 4.79 Å². The fourth-order valence-electron chi connectivity index (χ4n) is 2.12. The molecule has 4 nitrogen and oxygen atoms in total. The van der Waals surface area contributed by atoms with Gasteiger partial charge in [0, 0.05) is 42.6 Å². The Balaban J connectivity index is 2.35. The molecule has 5 heteroatoms. The molecule has 1 amide bonds. The molecule has 102 valence electrons. The van der Waals surface area contributed by atoms with Gasteiger partial charge >= 0.3 is 0 Å². The summed E-state index contributed by atoms with van der Waals surface area (Å²) in [6.07, 6.45) is 1.84. The van der Waals surface area contributed by atoms with Crippen LogP contribution in [0.1, 0.15) is 25.3 Å². The molecule has 0 saturated heterocycles. The number of halogens is 1. The quantitative estimate of drug-likeness (QED) is 0.891. The third-order valence-corrected chi connectivity index (χ3v) is 3.17. The number of rotatable bonds is 4. The fourth-order valence-corrected chi connectivity index (χ4v) is 2.12. The van der Waals surface area contributed by atoms with Crippen LogP contribution in [0.5, 0.6) is 5.75 Å². The number of benzene rings is 1. The van der Waals surface area contributed by atoms with E-state index in [4.69, 9.17) is 4.74 Å². The maximum atomic E-state index is 13.6. The predicted molar refractivity (Wildman–Crippen MR) is 71.9 cm³/mol. The number of methoxy groups -OCH3 is 1. The normalized spacial score (nSPS) is 12.4. The Morgan fingerprint density at radius 1 is 1.53 bits per heavy atom. The number of hydrogen-bond acceptors (Lipinski definition) is 2. The van der Waals surface area contributed by atoms with Crippen molar-refractivity contribution in [3.8, 4) is 5.75 Å². The summed E-state index contributed by atoms with van der Waals surface area (Å²) in [5.41, 5.74) is 1.75. The van der Waals surface area contributed by atoms with Gasteiger partial charge < -0.3 is 15.0 Å². The molecule has 19 heavy (non-hydrogen) atoms. The van der Waals surface area contributed by atoms with Gasteiger partial charge in [0.2, 0.25) is 5.91 Å². The Labute approximate surface area is 111 Å². The van der Waals surface area contributed by atoms with Crippen LogP contribution >= 0.6 is 0 Å². The smallest absolute Gasteiger partial charge is 0.216 e. The highest BCUT2D eigenvalue weighted by molar-refractivity contribution is 5.85. The summed E-state index contributed by atoms with van der Waals surface area (Å²) in [6.45, 7) is 4.04. The average molecular weight is 264 g/mol. The van der Waals surface area contributed by atoms with Crippen molar-refractivity contribution in [2.45, 2.75) is 19.8 Å². The van der Waals surface area contributed by atoms with Gasteiger partial charge in [0.15, 0.2) is 11.6 Å². The van der Waals surface area contributed by atoms with Crippen LogP contribution in [-0.4, -0.2) is 24.5 Å². The van der Waals surface area contributed by atoms with E-state index in [2.05, 4.69) is 10.3 Å². The highest BCUT2D eigenvalue weighted by Gasteiger charge is 2.14. The van der Waals surface area contributed by atoms with Gasteiger partial charge in [-0.15, -0.1) is 0 Å². The minimum absolute atomic E-state index is 0.0599. The molecule has 1 aromatic heterocycles. The Morgan fingerprint density at radius 2 is 2.26 bits per heavy atom. The van der Waals surface area contributed by atoms with Crippen molar-refractivity contribution in [1.29, 1.82) is 0 Å². The van der Waals surface area contributed by atoms with E-state index >= 15 is 0 Å². The minimum atomic E-state index is -0.391. The van der Waals surface area contributed by atoms with Gasteiger partial charge in [-0.2, -0.15) is 0 Å². The van der Waals surface area contributed by atoms with Crippen LogP contribution in [0.2, 0.25) is 0 Å². The Bertz CT molecular complexity index is 607. The first-order valence-corrected chi connectivity index (χ1v) is 6.12. The second-order valence-corrected chi connectivity index (χ2v) is 4.61. The van der Waals surface area contributed by atoms with Crippen LogP contribution in [0.3, 0.4) is 0 Å². The van der Waals surface area contributed by atoms with E-state index in [1.54, 1.807) is 6.07 Å². The molecule has 0 bridgehead atoms. The van der Waals surface area contributed by atoms with E-state index in [1.807, 2.05) is 13.1 Å². The predicted octanol–water partition coefficient (Wildman–Crippen LogP) is 2.56. The zero-order chi connectivity index (χ0) is 14.0. The van der Waals surface area contributed by atoms with Crippen LogP contribution < -0.4 is 10.1 Å². The van der Waals surface area contributed by atoms with Gasteiger partial charge in [-0.3, -0.25) is 4.79 Å². The molecular weight excluding hydrogens is 247 g/mol. The van der Waals surface area contributed by atoms with Crippen molar-refractivity contribution in [2.75, 3.05) is 13.7 Å². The summed E-state index contributed by atoms with van der Waals surface area (Å²) in [7, 11) is 1.44. The molecule has 1 aromatic carbocycles. The van der Waals surface area contributed by atoms with Crippen LogP contribution in [0, 0.1) is 5.82 Å². The second-order valence-electron chi connectivity index (χ2n) is 4.61. The Hall–Kier alpha value is -2.04. The first kappa shape index (κ1) is 13.4. The van der Waals surface area contributed by atoms with E-state index in [-0.39, 0.29) is 17.6 Å². The molecule has 0 aliphatic carbocycles. The molecule has 1 unspecified atom stereocenters. The third-order valence-electron chi connectivity index (χ3n) is 3.17. The van der Waals surface area contributed by atoms with Gasteiger partial charge in [0.05, 0.1) is 7.11 Å². The number of ether oxygens (including phenoxy) is 1. The van der Waals surface area contributed by atoms with Crippen molar-refractivity contribution >= 4 is 16.8 Å². The lowest BCUT2D eigenvalue weighted by Crippen LogP contribution is -2.24. The molecule has 0 aliphatic rings. The zero-order valence-electron chi connectivity index (χ0n) is 11.2. The van der Waals surface area contributed by atoms with Crippen molar-refractivity contribution in [3.63, 3.8) is 0 Å². The molecule has 0 fully saturated rings. The highest BCUT2D eigenvalue weighted by Crippen LogP contribution is 2.30. The molecule has 0 spiro atoms. The van der Waals surface area contributed by atoms with Crippen LogP contribution in [0.15, 0.2) is 18.3 Å². The van der Waals surface area contributed by atoms with E-state index in [9.17, 15) is 9.18 Å². The third kappa shape index (κ3) is 2.70. The van der Waals surface area contributed by atoms with Gasteiger partial charge in [-0.05, 0) is 11.6 Å². The summed E-state index contributed by atoms with van der Waals surface area (Å²) in [5, 5.41) is 3.69. The minimum Gasteiger partial charge on any atom is -0.494 e. The topological polar surface area (TPSA) is 54.1 Å². The molecule has 1 heterocycles. The van der Waals surface area contributed by atoms with Crippen LogP contribution in [0.25, 0.3) is 10.9 Å². The van der Waals surface area contributed by atoms with Gasteiger partial charge in [-0.25, -0.2) is 4.39 Å². The Morgan fingerprint density at radius 3 is 2.89 bits per heavy atom. The van der Waals surface area contributed by atoms with Gasteiger partial charge in [0.1, 0.15) is 0 Å². The molecular formula is C14H17FN2O2. The molecule has 2 N–H and O–H groups in total. The lowest BCUT2D eigenvalue weighted by molar-refractivity contribution is -0.119. The number of aromatic nitrogens is 1. The van der Waals surface area contributed by atoms with Crippen molar-refractivity contribution in [2.24, 2.45) is 0 Å². The van der Waals surface area contributed by atoms with Crippen LogP contribution in [0.4, 0.5) is 4.39 Å². The first-order valence-electron chi connectivity index (χ1n) is 6.12. The van der Waals surface area contributed by atoms with E-state index in [1.165, 1.54) is 20.1 Å². The number of carbonyl (C=O) groups is 1. The highest BCUT2D eigenvalue weighted by atomic mass is 19.1. The number of carbonyl (C=O) groups excluding carboxylic acids is 1. The molecule has 0 aliphatic heterocycles. The van der Waals surface area contributed by atoms with E-state index < -0.39 is 5.82 Å². The number of nitrogens with one attached hydrogen (secondary N) is 2. The molecule has 2 aromatic rings. The first-order chi connectivity index (χ1) is 9.02. The summed E-state index contributed by atoms with van der Waals surface area (Å²) in [4.78, 5) is 14.0. The molecule has 1 atom stereocenters. The van der Waals surface area contributed by atoms with Crippen molar-refractivity contribution in [3.05, 3.63) is 29.7 Å². The fraction of sp³-hybridized carbons (Fsp3) is 0.357. The summed E-state index contributed by atoms with van der Waals surface area (Å²) >= 11 is 0. The van der Waals surface area contributed by atoms with Gasteiger partial charge in [0.25, 0.3) is 0 Å². The maximum absolute atomic E-state index is 13.6. The molecule has 2 rings (SSSR count). The van der Waals surface area contributed by atoms with Crippen molar-refractivity contribution < 1.29 is 13.9 Å². The number of H-pyrrole nitrogens is 1. The SMILES string of the molecule is COc1cc2c(C(C)CNC(C)=O)c[nH]c2cc1F. The largest absolute Gasteiger partial charge is 0.494 e. The Kier molecular flexibility index (Phi) is 3.74. The molecule has 0 radical (unpaired) electrons. The average Bonchev–Trinajstić information content (AvgIpc) is 2.77. The zero-order valence-corrected chi connectivity index (χ0v) is 11.2. The lowest BCUT2D eigenvalue weighted by Gasteiger charge is -2.11. The number of hydrogen-bond donors (Lipinski definition) is 2. The lowest BCUT2D eigenvalue weighted by atomic mass is 10.0. The number of aromatic amines is 1. The van der Waals surface area contributed by atoms with Gasteiger partial charge in [-0.1, -0.05) is 6.92 Å².